The molecule has 1 aliphatic rings. The summed E-state index contributed by atoms with van der Waals surface area (Å²) in [6.07, 6.45) is 2.92. The third-order valence-corrected chi connectivity index (χ3v) is 4.40. The van der Waals surface area contributed by atoms with E-state index in [9.17, 15) is 4.79 Å². The van der Waals surface area contributed by atoms with Gasteiger partial charge in [-0.15, -0.1) is 0 Å². The quantitative estimate of drug-likeness (QED) is 0.773. The molecule has 1 N–H and O–H groups in total. The highest BCUT2D eigenvalue weighted by molar-refractivity contribution is 5.88. The molecule has 128 valence electrons. The molecule has 2 aromatic carbocycles. The highest BCUT2D eigenvalue weighted by Crippen LogP contribution is 2.32. The van der Waals surface area contributed by atoms with E-state index < -0.39 is 0 Å². The molecular weight excluding hydrogens is 318 g/mol. The lowest BCUT2D eigenvalue weighted by Gasteiger charge is -2.06. The minimum atomic E-state index is -0.0396. The molecule has 0 aliphatic carbocycles. The van der Waals surface area contributed by atoms with Crippen molar-refractivity contribution >= 4 is 16.9 Å². The fourth-order valence-corrected chi connectivity index (χ4v) is 2.97. The van der Waals surface area contributed by atoms with Crippen LogP contribution in [0.2, 0.25) is 0 Å². The minimum Gasteiger partial charge on any atom is -0.464 e. The van der Waals surface area contributed by atoms with E-state index in [-0.39, 0.29) is 12.7 Å². The summed E-state index contributed by atoms with van der Waals surface area (Å²) in [4.78, 5) is 12.3. The molecule has 1 aliphatic heterocycles. The number of aryl methyl sites for hydroxylation is 1. The van der Waals surface area contributed by atoms with E-state index in [2.05, 4.69) is 24.4 Å². The molecule has 5 nitrogen and oxygen atoms in total. The number of carbonyl (C=O) groups excluding carboxylic acids is 1. The van der Waals surface area contributed by atoms with Crippen LogP contribution in [0.3, 0.4) is 0 Å². The third-order valence-electron chi connectivity index (χ3n) is 4.40. The fraction of sp³-hybridized carbons (Fsp3) is 0.250. The van der Waals surface area contributed by atoms with E-state index in [0.717, 1.165) is 40.0 Å². The number of hydrogen-bond donors (Lipinski definition) is 1. The number of hydrogen-bond acceptors (Lipinski definition) is 4. The maximum Gasteiger partial charge on any atom is 0.231 e. The molecule has 0 unspecified atom stereocenters. The second-order valence-electron chi connectivity index (χ2n) is 6.09. The zero-order valence-corrected chi connectivity index (χ0v) is 14.0. The Morgan fingerprint density at radius 3 is 2.80 bits per heavy atom. The van der Waals surface area contributed by atoms with E-state index in [1.165, 1.54) is 5.56 Å². The van der Waals surface area contributed by atoms with Crippen molar-refractivity contribution < 1.29 is 18.7 Å². The van der Waals surface area contributed by atoms with Crippen LogP contribution in [0.4, 0.5) is 0 Å². The van der Waals surface area contributed by atoms with Crippen molar-refractivity contribution in [2.24, 2.45) is 0 Å². The van der Waals surface area contributed by atoms with E-state index >= 15 is 0 Å². The second-order valence-corrected chi connectivity index (χ2v) is 6.09. The number of rotatable bonds is 5. The predicted octanol–water partition coefficient (Wildman–Crippen LogP) is 3.58. The van der Waals surface area contributed by atoms with Crippen molar-refractivity contribution in [1.82, 2.24) is 5.32 Å². The molecule has 0 fully saturated rings. The Kier molecular flexibility index (Phi) is 4.06. The van der Waals surface area contributed by atoms with Crippen LogP contribution in [-0.4, -0.2) is 12.7 Å². The number of amides is 1. The highest BCUT2D eigenvalue weighted by atomic mass is 16.7. The summed E-state index contributed by atoms with van der Waals surface area (Å²) in [7, 11) is 0. The molecule has 0 radical (unpaired) electrons. The summed E-state index contributed by atoms with van der Waals surface area (Å²) >= 11 is 0. The van der Waals surface area contributed by atoms with Crippen LogP contribution in [-0.2, 0) is 24.2 Å². The first kappa shape index (κ1) is 15.6. The molecule has 25 heavy (non-hydrogen) atoms. The van der Waals surface area contributed by atoms with Crippen LogP contribution in [0.15, 0.2) is 47.1 Å². The second kappa shape index (κ2) is 6.51. The molecule has 4 rings (SSSR count). The van der Waals surface area contributed by atoms with Crippen molar-refractivity contribution in [3.05, 3.63) is 59.4 Å². The Hall–Kier alpha value is -2.95. The lowest BCUT2D eigenvalue weighted by atomic mass is 10.1. The van der Waals surface area contributed by atoms with Crippen molar-refractivity contribution in [2.45, 2.75) is 26.3 Å². The van der Waals surface area contributed by atoms with Gasteiger partial charge in [-0.1, -0.05) is 19.1 Å². The Labute approximate surface area is 145 Å². The molecular formula is C20H19NO4. The molecule has 0 saturated heterocycles. The first-order valence-corrected chi connectivity index (χ1v) is 8.37. The van der Waals surface area contributed by atoms with Gasteiger partial charge in [-0.2, -0.15) is 0 Å². The molecule has 5 heteroatoms. The topological polar surface area (TPSA) is 60.7 Å². The minimum absolute atomic E-state index is 0.0396. The molecule has 0 spiro atoms. The molecule has 0 atom stereocenters. The standard InChI is InChI=1S/C20H19NO4/c1-2-13-3-5-17-16(7-13)15(11-23-17)9-20(22)21-10-14-4-6-18-19(8-14)25-12-24-18/h3-8,11H,2,9-10,12H2,1H3,(H,21,22). The largest absolute Gasteiger partial charge is 0.464 e. The van der Waals surface area contributed by atoms with Crippen LogP contribution in [0.5, 0.6) is 11.5 Å². The average molecular weight is 337 g/mol. The molecule has 0 saturated carbocycles. The fourth-order valence-electron chi connectivity index (χ4n) is 2.97. The lowest BCUT2D eigenvalue weighted by molar-refractivity contribution is -0.120. The lowest BCUT2D eigenvalue weighted by Crippen LogP contribution is -2.24. The van der Waals surface area contributed by atoms with E-state index in [4.69, 9.17) is 13.9 Å². The van der Waals surface area contributed by atoms with Crippen LogP contribution in [0, 0.1) is 0 Å². The maximum atomic E-state index is 12.3. The van der Waals surface area contributed by atoms with Gasteiger partial charge in [0.2, 0.25) is 12.7 Å². The zero-order chi connectivity index (χ0) is 17.2. The number of fused-ring (bicyclic) bond motifs is 2. The van der Waals surface area contributed by atoms with Gasteiger partial charge >= 0.3 is 0 Å². The summed E-state index contributed by atoms with van der Waals surface area (Å²) < 4.78 is 16.2. The van der Waals surface area contributed by atoms with E-state index in [1.54, 1.807) is 6.26 Å². The van der Waals surface area contributed by atoms with Gasteiger partial charge in [0.25, 0.3) is 0 Å². The zero-order valence-electron chi connectivity index (χ0n) is 14.0. The van der Waals surface area contributed by atoms with Gasteiger partial charge in [-0.3, -0.25) is 4.79 Å². The SMILES string of the molecule is CCc1ccc2occ(CC(=O)NCc3ccc4c(c3)OCO4)c2c1. The van der Waals surface area contributed by atoms with Crippen LogP contribution >= 0.6 is 0 Å². The molecule has 1 aromatic heterocycles. The summed E-state index contributed by atoms with van der Waals surface area (Å²) in [5.41, 5.74) is 3.93. The van der Waals surface area contributed by atoms with Gasteiger partial charge < -0.3 is 19.2 Å². The van der Waals surface area contributed by atoms with E-state index in [0.29, 0.717) is 13.0 Å². The Balaban J connectivity index is 1.42. The first-order valence-electron chi connectivity index (χ1n) is 8.37. The average Bonchev–Trinajstić information content (AvgIpc) is 3.26. The number of ether oxygens (including phenoxy) is 2. The summed E-state index contributed by atoms with van der Waals surface area (Å²) in [5, 5.41) is 3.96. The van der Waals surface area contributed by atoms with Gasteiger partial charge in [0.05, 0.1) is 12.7 Å². The maximum absolute atomic E-state index is 12.3. The highest BCUT2D eigenvalue weighted by Gasteiger charge is 2.14. The van der Waals surface area contributed by atoms with Crippen molar-refractivity contribution in [1.29, 1.82) is 0 Å². The number of carbonyl (C=O) groups is 1. The molecule has 0 bridgehead atoms. The third kappa shape index (κ3) is 3.18. The number of benzene rings is 2. The van der Waals surface area contributed by atoms with E-state index in [1.807, 2.05) is 24.3 Å². The first-order chi connectivity index (χ1) is 12.2. The summed E-state index contributed by atoms with van der Waals surface area (Å²) in [5.74, 6) is 1.42. The smallest absolute Gasteiger partial charge is 0.231 e. The van der Waals surface area contributed by atoms with Crippen molar-refractivity contribution in [3.8, 4) is 11.5 Å². The molecule has 1 amide bonds. The van der Waals surface area contributed by atoms with Crippen molar-refractivity contribution in [3.63, 3.8) is 0 Å². The van der Waals surface area contributed by atoms with Crippen molar-refractivity contribution in [2.75, 3.05) is 6.79 Å². The van der Waals surface area contributed by atoms with Gasteiger partial charge in [0.1, 0.15) is 5.58 Å². The predicted molar refractivity (Wildman–Crippen MR) is 93.7 cm³/mol. The monoisotopic (exact) mass is 337 g/mol. The Morgan fingerprint density at radius 2 is 1.92 bits per heavy atom. The van der Waals surface area contributed by atoms with Gasteiger partial charge in [0, 0.05) is 17.5 Å². The van der Waals surface area contributed by atoms with Crippen LogP contribution in [0.25, 0.3) is 11.0 Å². The van der Waals surface area contributed by atoms with Crippen LogP contribution in [0.1, 0.15) is 23.6 Å². The number of furan rings is 1. The van der Waals surface area contributed by atoms with Gasteiger partial charge in [0.15, 0.2) is 11.5 Å². The molecule has 3 aromatic rings. The van der Waals surface area contributed by atoms with Gasteiger partial charge in [-0.25, -0.2) is 0 Å². The summed E-state index contributed by atoms with van der Waals surface area (Å²) in [6, 6.07) is 11.8. The normalized spacial score (nSPS) is 12.5. The van der Waals surface area contributed by atoms with Crippen LogP contribution < -0.4 is 14.8 Å². The Bertz CT molecular complexity index is 929. The van der Waals surface area contributed by atoms with Gasteiger partial charge in [-0.05, 0) is 41.8 Å². The summed E-state index contributed by atoms with van der Waals surface area (Å²) in [6.45, 7) is 2.81. The molecule has 2 heterocycles. The Morgan fingerprint density at radius 1 is 1.08 bits per heavy atom. The number of nitrogens with one attached hydrogen (secondary N) is 1.